The molecule has 0 bridgehead atoms. The van der Waals surface area contributed by atoms with Gasteiger partial charge in [0.25, 0.3) is 5.91 Å². The minimum absolute atomic E-state index is 0.147. The number of hydrogen-bond acceptors (Lipinski definition) is 4. The van der Waals surface area contributed by atoms with Gasteiger partial charge < -0.3 is 5.32 Å². The summed E-state index contributed by atoms with van der Waals surface area (Å²) in [4.78, 5) is 17.3. The quantitative estimate of drug-likeness (QED) is 0.576. The second-order valence-electron chi connectivity index (χ2n) is 7.44. The molecule has 0 aliphatic rings. The van der Waals surface area contributed by atoms with Crippen molar-refractivity contribution in [2.45, 2.75) is 39.1 Å². The lowest BCUT2D eigenvalue weighted by Gasteiger charge is -2.14. The van der Waals surface area contributed by atoms with Crippen LogP contribution in [0.15, 0.2) is 48.5 Å². The van der Waals surface area contributed by atoms with Crippen LogP contribution in [0, 0.1) is 6.92 Å². The standard InChI is InChI=1S/C22H24ClN3O3S/c1-14(2)26-30(28,29)13-17-7-5-4-6-16(17)12-24-22(27)20-11-18-10-19(23)8-9-21(18)25-15(20)3/h4-11,14,26H,12-13H2,1-3H3,(H,24,27). The zero-order valence-corrected chi connectivity index (χ0v) is 18.6. The largest absolute Gasteiger partial charge is 0.348 e. The van der Waals surface area contributed by atoms with E-state index in [1.165, 1.54) is 0 Å². The molecule has 3 rings (SSSR count). The van der Waals surface area contributed by atoms with Gasteiger partial charge in [-0.2, -0.15) is 0 Å². The Labute approximate surface area is 181 Å². The molecule has 0 fully saturated rings. The molecule has 1 aromatic heterocycles. The van der Waals surface area contributed by atoms with Crippen LogP contribution in [0.25, 0.3) is 10.9 Å². The van der Waals surface area contributed by atoms with E-state index in [1.54, 1.807) is 51.1 Å². The van der Waals surface area contributed by atoms with Crippen LogP contribution in [0.2, 0.25) is 5.02 Å². The second-order valence-corrected chi connectivity index (χ2v) is 9.63. The van der Waals surface area contributed by atoms with E-state index in [0.29, 0.717) is 21.8 Å². The molecular weight excluding hydrogens is 422 g/mol. The van der Waals surface area contributed by atoms with Crippen molar-refractivity contribution in [1.29, 1.82) is 0 Å². The third-order valence-corrected chi connectivity index (χ3v) is 6.29. The van der Waals surface area contributed by atoms with Crippen LogP contribution in [0.5, 0.6) is 0 Å². The van der Waals surface area contributed by atoms with Gasteiger partial charge in [-0.05, 0) is 56.2 Å². The van der Waals surface area contributed by atoms with Crippen molar-refractivity contribution in [3.63, 3.8) is 0 Å². The SMILES string of the molecule is Cc1nc2ccc(Cl)cc2cc1C(=O)NCc1ccccc1CS(=O)(=O)NC(C)C. The van der Waals surface area contributed by atoms with Gasteiger partial charge in [0, 0.05) is 23.0 Å². The topological polar surface area (TPSA) is 88.2 Å². The molecule has 0 aliphatic heterocycles. The predicted molar refractivity (Wildman–Crippen MR) is 120 cm³/mol. The molecule has 8 heteroatoms. The molecule has 2 N–H and O–H groups in total. The number of nitrogens with one attached hydrogen (secondary N) is 2. The van der Waals surface area contributed by atoms with Crippen molar-refractivity contribution < 1.29 is 13.2 Å². The molecule has 6 nitrogen and oxygen atoms in total. The molecule has 1 heterocycles. The van der Waals surface area contributed by atoms with E-state index in [2.05, 4.69) is 15.0 Å². The first-order valence-corrected chi connectivity index (χ1v) is 11.6. The van der Waals surface area contributed by atoms with Crippen molar-refractivity contribution in [2.24, 2.45) is 0 Å². The Morgan fingerprint density at radius 3 is 2.50 bits per heavy atom. The summed E-state index contributed by atoms with van der Waals surface area (Å²) in [5.74, 6) is -0.424. The number of fused-ring (bicyclic) bond motifs is 1. The van der Waals surface area contributed by atoms with Gasteiger partial charge in [0.2, 0.25) is 10.0 Å². The lowest BCUT2D eigenvalue weighted by molar-refractivity contribution is 0.0950. The smallest absolute Gasteiger partial charge is 0.253 e. The Balaban J connectivity index is 1.79. The van der Waals surface area contributed by atoms with Crippen molar-refractivity contribution in [3.05, 3.63) is 75.9 Å². The second kappa shape index (κ2) is 9.12. The van der Waals surface area contributed by atoms with Gasteiger partial charge in [0.15, 0.2) is 0 Å². The molecule has 0 spiro atoms. The molecule has 0 aliphatic carbocycles. The average Bonchev–Trinajstić information content (AvgIpc) is 2.65. The summed E-state index contributed by atoms with van der Waals surface area (Å²) in [7, 11) is -3.47. The molecule has 158 valence electrons. The highest BCUT2D eigenvalue weighted by atomic mass is 35.5. The lowest BCUT2D eigenvalue weighted by atomic mass is 10.1. The summed E-state index contributed by atoms with van der Waals surface area (Å²) in [5, 5.41) is 4.23. The fourth-order valence-electron chi connectivity index (χ4n) is 3.22. The van der Waals surface area contributed by atoms with Gasteiger partial charge in [0.05, 0.1) is 22.5 Å². The molecule has 0 atom stereocenters. The fraction of sp³-hybridized carbons (Fsp3) is 0.273. The first kappa shape index (κ1) is 22.2. The molecule has 30 heavy (non-hydrogen) atoms. The normalized spacial score (nSPS) is 11.8. The van der Waals surface area contributed by atoms with Gasteiger partial charge in [-0.25, -0.2) is 13.1 Å². The number of carbonyl (C=O) groups excluding carboxylic acids is 1. The van der Waals surface area contributed by atoms with E-state index in [1.807, 2.05) is 18.2 Å². The monoisotopic (exact) mass is 445 g/mol. The van der Waals surface area contributed by atoms with Gasteiger partial charge in [-0.1, -0.05) is 35.9 Å². The number of sulfonamides is 1. The van der Waals surface area contributed by atoms with Crippen molar-refractivity contribution in [2.75, 3.05) is 0 Å². The van der Waals surface area contributed by atoms with Gasteiger partial charge in [-0.3, -0.25) is 9.78 Å². The van der Waals surface area contributed by atoms with E-state index in [9.17, 15) is 13.2 Å². The summed E-state index contributed by atoms with van der Waals surface area (Å²) in [6.45, 7) is 5.54. The summed E-state index contributed by atoms with van der Waals surface area (Å²) in [5.41, 5.74) is 3.22. The van der Waals surface area contributed by atoms with Crippen LogP contribution in [-0.2, 0) is 22.3 Å². The van der Waals surface area contributed by atoms with E-state index in [4.69, 9.17) is 11.6 Å². The zero-order chi connectivity index (χ0) is 21.9. The van der Waals surface area contributed by atoms with E-state index < -0.39 is 10.0 Å². The third kappa shape index (κ3) is 5.56. The first-order valence-electron chi connectivity index (χ1n) is 9.56. The highest BCUT2D eigenvalue weighted by Crippen LogP contribution is 2.21. The number of nitrogens with zero attached hydrogens (tertiary/aromatic N) is 1. The molecule has 1 amide bonds. The van der Waals surface area contributed by atoms with E-state index in [-0.39, 0.29) is 24.2 Å². The summed E-state index contributed by atoms with van der Waals surface area (Å²) in [6.07, 6.45) is 0. The Bertz CT molecular complexity index is 1190. The van der Waals surface area contributed by atoms with Crippen molar-refractivity contribution >= 4 is 38.4 Å². The number of carbonyl (C=O) groups is 1. The number of aryl methyl sites for hydroxylation is 1. The highest BCUT2D eigenvalue weighted by molar-refractivity contribution is 7.88. The molecule has 2 aromatic carbocycles. The first-order chi connectivity index (χ1) is 14.1. The van der Waals surface area contributed by atoms with Gasteiger partial charge in [0.1, 0.15) is 0 Å². The van der Waals surface area contributed by atoms with Crippen LogP contribution in [0.1, 0.15) is 41.0 Å². The molecular formula is C22H24ClN3O3S. The predicted octanol–water partition coefficient (Wildman–Crippen LogP) is 3.95. The van der Waals surface area contributed by atoms with Crippen LogP contribution >= 0.6 is 11.6 Å². The minimum atomic E-state index is -3.47. The highest BCUT2D eigenvalue weighted by Gasteiger charge is 2.17. The Kier molecular flexibility index (Phi) is 6.75. The van der Waals surface area contributed by atoms with Gasteiger partial charge in [-0.15, -0.1) is 0 Å². The van der Waals surface area contributed by atoms with Gasteiger partial charge >= 0.3 is 0 Å². The molecule has 0 radical (unpaired) electrons. The van der Waals surface area contributed by atoms with Crippen molar-refractivity contribution in [3.8, 4) is 0 Å². The number of rotatable bonds is 7. The summed E-state index contributed by atoms with van der Waals surface area (Å²) < 4.78 is 27.2. The fourth-order valence-corrected chi connectivity index (χ4v) is 4.89. The Morgan fingerprint density at radius 1 is 1.10 bits per heavy atom. The molecule has 0 unspecified atom stereocenters. The Morgan fingerprint density at radius 2 is 1.80 bits per heavy atom. The zero-order valence-electron chi connectivity index (χ0n) is 17.1. The maximum absolute atomic E-state index is 12.8. The summed E-state index contributed by atoms with van der Waals surface area (Å²) in [6, 6.07) is 14.1. The minimum Gasteiger partial charge on any atom is -0.348 e. The molecule has 3 aromatic rings. The maximum atomic E-state index is 12.8. The van der Waals surface area contributed by atoms with Crippen molar-refractivity contribution in [1.82, 2.24) is 15.0 Å². The molecule has 0 saturated heterocycles. The number of aromatic nitrogens is 1. The average molecular weight is 446 g/mol. The number of hydrogen-bond donors (Lipinski definition) is 2. The maximum Gasteiger partial charge on any atom is 0.253 e. The van der Waals surface area contributed by atoms with Crippen LogP contribution in [-0.4, -0.2) is 25.4 Å². The summed E-state index contributed by atoms with van der Waals surface area (Å²) >= 11 is 6.05. The van der Waals surface area contributed by atoms with Crippen LogP contribution in [0.4, 0.5) is 0 Å². The Hall–Kier alpha value is -2.48. The van der Waals surface area contributed by atoms with E-state index in [0.717, 1.165) is 16.5 Å². The number of benzene rings is 2. The third-order valence-electron chi connectivity index (χ3n) is 4.53. The van der Waals surface area contributed by atoms with Crippen LogP contribution in [0.3, 0.4) is 0 Å². The lowest BCUT2D eigenvalue weighted by Crippen LogP contribution is -2.32. The number of amides is 1. The van der Waals surface area contributed by atoms with Crippen LogP contribution < -0.4 is 10.0 Å². The number of pyridine rings is 1. The number of halogens is 1. The molecule has 0 saturated carbocycles. The van der Waals surface area contributed by atoms with E-state index >= 15 is 0 Å².